The van der Waals surface area contributed by atoms with E-state index in [1.165, 1.54) is 0 Å². The number of anilines is 1. The molecule has 1 saturated heterocycles. The molecule has 10 heteroatoms. The van der Waals surface area contributed by atoms with E-state index < -0.39 is 0 Å². The molecule has 0 radical (unpaired) electrons. The van der Waals surface area contributed by atoms with Crippen LogP contribution in [0.25, 0.3) is 16.6 Å². The van der Waals surface area contributed by atoms with Crippen molar-refractivity contribution >= 4 is 28.5 Å². The molecule has 36 heavy (non-hydrogen) atoms. The van der Waals surface area contributed by atoms with E-state index in [1.54, 1.807) is 60.3 Å². The molecule has 10 nitrogen and oxygen atoms in total. The van der Waals surface area contributed by atoms with Gasteiger partial charge in [0.25, 0.3) is 5.91 Å². The third-order valence-corrected chi connectivity index (χ3v) is 6.53. The van der Waals surface area contributed by atoms with Crippen molar-refractivity contribution in [2.24, 2.45) is 0 Å². The molecule has 1 aliphatic rings. The Labute approximate surface area is 209 Å². The molecule has 186 valence electrons. The van der Waals surface area contributed by atoms with Crippen LogP contribution in [0.2, 0.25) is 0 Å². The zero-order chi connectivity index (χ0) is 25.6. The van der Waals surface area contributed by atoms with Crippen molar-refractivity contribution in [2.75, 3.05) is 39.6 Å². The van der Waals surface area contributed by atoms with Crippen LogP contribution in [-0.4, -0.2) is 75.6 Å². The third-order valence-electron chi connectivity index (χ3n) is 6.53. The Morgan fingerprint density at radius 3 is 2.47 bits per heavy atom. The van der Waals surface area contributed by atoms with E-state index in [2.05, 4.69) is 41.5 Å². The number of hydrogen-bond donors (Lipinski definition) is 1. The summed E-state index contributed by atoms with van der Waals surface area (Å²) >= 11 is 0. The number of nitrogens with zero attached hydrogens (tertiary/aromatic N) is 6. The SMILES string of the molecule is COc1cc2c(cnn2-c2c(C)cccc2C)cc1C(=O)Nc1cnn(C2CN(C(=O)N(C)C)C2)c1. The first-order valence-electron chi connectivity index (χ1n) is 11.7. The summed E-state index contributed by atoms with van der Waals surface area (Å²) in [6.45, 7) is 5.27. The summed E-state index contributed by atoms with van der Waals surface area (Å²) in [5, 5.41) is 12.7. The minimum absolute atomic E-state index is 0.0182. The molecule has 4 aromatic rings. The molecule has 1 N–H and O–H groups in total. The number of ether oxygens (including phenoxy) is 1. The Hall–Kier alpha value is -4.34. The van der Waals surface area contributed by atoms with Crippen molar-refractivity contribution in [3.63, 3.8) is 0 Å². The maximum absolute atomic E-state index is 13.2. The number of likely N-dealkylation sites (tertiary alicyclic amines) is 1. The van der Waals surface area contributed by atoms with Gasteiger partial charge in [-0.1, -0.05) is 18.2 Å². The van der Waals surface area contributed by atoms with Crippen molar-refractivity contribution in [3.8, 4) is 11.4 Å². The van der Waals surface area contributed by atoms with Gasteiger partial charge in [-0.25, -0.2) is 9.48 Å². The van der Waals surface area contributed by atoms with E-state index in [-0.39, 0.29) is 18.0 Å². The Morgan fingerprint density at radius 2 is 1.81 bits per heavy atom. The summed E-state index contributed by atoms with van der Waals surface area (Å²) in [6.07, 6.45) is 5.15. The van der Waals surface area contributed by atoms with Crippen LogP contribution in [0, 0.1) is 13.8 Å². The zero-order valence-corrected chi connectivity index (χ0v) is 21.0. The molecule has 0 unspecified atom stereocenters. The quantitative estimate of drug-likeness (QED) is 0.464. The largest absolute Gasteiger partial charge is 0.496 e. The molecule has 2 aromatic carbocycles. The fraction of sp³-hybridized carbons (Fsp3) is 0.308. The molecule has 3 heterocycles. The van der Waals surface area contributed by atoms with Crippen LogP contribution in [0.4, 0.5) is 10.5 Å². The fourth-order valence-corrected chi connectivity index (χ4v) is 4.58. The van der Waals surface area contributed by atoms with Gasteiger partial charge in [0, 0.05) is 44.8 Å². The molecule has 1 fully saturated rings. The highest BCUT2D eigenvalue weighted by atomic mass is 16.5. The van der Waals surface area contributed by atoms with Crippen LogP contribution in [-0.2, 0) is 0 Å². The minimum atomic E-state index is -0.300. The van der Waals surface area contributed by atoms with E-state index >= 15 is 0 Å². The maximum Gasteiger partial charge on any atom is 0.319 e. The lowest BCUT2D eigenvalue weighted by molar-refractivity contribution is 0.100. The minimum Gasteiger partial charge on any atom is -0.496 e. The number of amides is 3. The van der Waals surface area contributed by atoms with E-state index in [4.69, 9.17) is 4.74 Å². The van der Waals surface area contributed by atoms with E-state index in [1.807, 2.05) is 16.8 Å². The second kappa shape index (κ2) is 9.03. The number of fused-ring (bicyclic) bond motifs is 1. The third kappa shape index (κ3) is 4.04. The van der Waals surface area contributed by atoms with Crippen LogP contribution in [0.1, 0.15) is 27.5 Å². The van der Waals surface area contributed by atoms with Gasteiger partial charge in [-0.05, 0) is 31.0 Å². The Kier molecular flexibility index (Phi) is 5.87. The molecule has 5 rings (SSSR count). The molecule has 0 saturated carbocycles. The number of methoxy groups -OCH3 is 1. The van der Waals surface area contributed by atoms with Crippen molar-refractivity contribution in [2.45, 2.75) is 19.9 Å². The van der Waals surface area contributed by atoms with Gasteiger partial charge in [-0.3, -0.25) is 9.48 Å². The molecule has 3 amide bonds. The number of benzene rings is 2. The van der Waals surface area contributed by atoms with Crippen molar-refractivity contribution in [1.82, 2.24) is 29.4 Å². The van der Waals surface area contributed by atoms with E-state index in [0.29, 0.717) is 30.1 Å². The molecule has 0 bridgehead atoms. The number of aromatic nitrogens is 4. The molecule has 0 atom stereocenters. The summed E-state index contributed by atoms with van der Waals surface area (Å²) in [5.74, 6) is 0.156. The number of aryl methyl sites for hydroxylation is 2. The monoisotopic (exact) mass is 487 g/mol. The first kappa shape index (κ1) is 23.4. The predicted molar refractivity (Wildman–Crippen MR) is 137 cm³/mol. The number of para-hydroxylation sites is 1. The van der Waals surface area contributed by atoms with Gasteiger partial charge in [0.05, 0.1) is 48.0 Å². The Bertz CT molecular complexity index is 1440. The summed E-state index contributed by atoms with van der Waals surface area (Å²) in [6, 6.07) is 9.83. The van der Waals surface area contributed by atoms with Crippen molar-refractivity contribution in [1.29, 1.82) is 0 Å². The first-order valence-corrected chi connectivity index (χ1v) is 11.7. The van der Waals surface area contributed by atoms with Crippen LogP contribution in [0.3, 0.4) is 0 Å². The summed E-state index contributed by atoms with van der Waals surface area (Å²) in [7, 11) is 5.02. The van der Waals surface area contributed by atoms with Crippen LogP contribution >= 0.6 is 0 Å². The van der Waals surface area contributed by atoms with Crippen molar-refractivity contribution < 1.29 is 14.3 Å². The summed E-state index contributed by atoms with van der Waals surface area (Å²) in [4.78, 5) is 28.5. The number of carbonyl (C=O) groups excluding carboxylic acids is 2. The number of rotatable bonds is 5. The van der Waals surface area contributed by atoms with Crippen molar-refractivity contribution in [3.05, 3.63) is 65.6 Å². The normalized spacial score (nSPS) is 13.5. The van der Waals surface area contributed by atoms with Gasteiger partial charge in [0.1, 0.15) is 5.75 Å². The van der Waals surface area contributed by atoms with Crippen LogP contribution < -0.4 is 10.1 Å². The van der Waals surface area contributed by atoms with Gasteiger partial charge in [-0.15, -0.1) is 0 Å². The van der Waals surface area contributed by atoms with Crippen LogP contribution in [0.5, 0.6) is 5.75 Å². The van der Waals surface area contributed by atoms with Gasteiger partial charge in [0.2, 0.25) is 0 Å². The topological polar surface area (TPSA) is 97.5 Å². The highest BCUT2D eigenvalue weighted by Gasteiger charge is 2.33. The van der Waals surface area contributed by atoms with Gasteiger partial charge in [-0.2, -0.15) is 10.2 Å². The second-order valence-electron chi connectivity index (χ2n) is 9.31. The molecule has 1 aliphatic heterocycles. The molecular formula is C26H29N7O3. The Balaban J connectivity index is 1.36. The average molecular weight is 488 g/mol. The second-order valence-corrected chi connectivity index (χ2v) is 9.31. The highest BCUT2D eigenvalue weighted by Crippen LogP contribution is 2.30. The average Bonchev–Trinajstić information content (AvgIpc) is 3.44. The smallest absolute Gasteiger partial charge is 0.319 e. The lowest BCUT2D eigenvalue weighted by Gasteiger charge is -2.40. The number of nitrogens with one attached hydrogen (secondary N) is 1. The molecule has 2 aromatic heterocycles. The lowest BCUT2D eigenvalue weighted by atomic mass is 10.1. The molecule has 0 spiro atoms. The molecule has 0 aliphatic carbocycles. The fourth-order valence-electron chi connectivity index (χ4n) is 4.58. The van der Waals surface area contributed by atoms with Gasteiger partial charge in [0.15, 0.2) is 0 Å². The molecular weight excluding hydrogens is 458 g/mol. The standard InChI is InChI=1S/C26H29N7O3/c1-16-7-6-8-17(2)24(16)33-22-10-23(36-5)21(9-18(22)11-28-33)25(34)29-19-12-27-32(13-19)20-14-31(15-20)26(35)30(3)4/h6-13,20H,14-15H2,1-5H3,(H,29,34). The van der Waals surface area contributed by atoms with E-state index in [0.717, 1.165) is 27.7 Å². The van der Waals surface area contributed by atoms with E-state index in [9.17, 15) is 9.59 Å². The summed E-state index contributed by atoms with van der Waals surface area (Å²) in [5.41, 5.74) is 5.07. The first-order chi connectivity index (χ1) is 17.3. The predicted octanol–water partition coefficient (Wildman–Crippen LogP) is 3.64. The number of hydrogen-bond acceptors (Lipinski definition) is 5. The zero-order valence-electron chi connectivity index (χ0n) is 21.0. The lowest BCUT2D eigenvalue weighted by Crippen LogP contribution is -2.53. The Morgan fingerprint density at radius 1 is 1.08 bits per heavy atom. The highest BCUT2D eigenvalue weighted by molar-refractivity contribution is 6.08. The summed E-state index contributed by atoms with van der Waals surface area (Å²) < 4.78 is 9.26. The number of urea groups is 1. The van der Waals surface area contributed by atoms with Gasteiger partial charge < -0.3 is 19.9 Å². The maximum atomic E-state index is 13.2. The van der Waals surface area contributed by atoms with Gasteiger partial charge >= 0.3 is 6.03 Å². The van der Waals surface area contributed by atoms with Crippen LogP contribution in [0.15, 0.2) is 48.9 Å². The number of carbonyl (C=O) groups is 2.